The molecule has 4 heterocycles. The normalized spacial score (nSPS) is 20.4. The number of amides is 2. The van der Waals surface area contributed by atoms with Gasteiger partial charge in [-0.1, -0.05) is 16.9 Å². The molecule has 4 rings (SSSR count). The molecular formula is C17H17N9O5S3. The zero-order valence-electron chi connectivity index (χ0n) is 17.6. The number of allylic oxidation sites excluding steroid dienone is 1. The molecule has 0 saturated carbocycles. The average Bonchev–Trinajstić information content (AvgIpc) is 3.42. The number of nitrogens with one attached hydrogen (secondary N) is 1. The number of β-lactam (4-membered cyclic amide) rings is 1. The van der Waals surface area contributed by atoms with Gasteiger partial charge in [0.25, 0.3) is 11.8 Å². The number of thioether (sulfide) groups is 2. The van der Waals surface area contributed by atoms with Gasteiger partial charge in [-0.2, -0.15) is 0 Å². The number of nitrogen functional groups attached to an aromatic ring is 1. The van der Waals surface area contributed by atoms with E-state index >= 15 is 0 Å². The molecule has 0 spiro atoms. The number of hydrogen-bond acceptors (Lipinski definition) is 13. The number of anilines is 1. The van der Waals surface area contributed by atoms with Crippen LogP contribution in [0.3, 0.4) is 0 Å². The molecule has 2 aliphatic heterocycles. The molecule has 34 heavy (non-hydrogen) atoms. The molecule has 2 atom stereocenters. The summed E-state index contributed by atoms with van der Waals surface area (Å²) in [7, 11) is 2.95. The molecule has 1 fully saturated rings. The zero-order chi connectivity index (χ0) is 24.4. The van der Waals surface area contributed by atoms with Crippen molar-refractivity contribution in [3.05, 3.63) is 33.8 Å². The summed E-state index contributed by atoms with van der Waals surface area (Å²) in [5, 5.41) is 30.5. The Morgan fingerprint density at radius 1 is 1.47 bits per heavy atom. The summed E-state index contributed by atoms with van der Waals surface area (Å²) >= 11 is 3.66. The second-order valence-electron chi connectivity index (χ2n) is 6.74. The molecule has 0 aliphatic carbocycles. The van der Waals surface area contributed by atoms with Gasteiger partial charge in [0.15, 0.2) is 10.8 Å². The van der Waals surface area contributed by atoms with Crippen LogP contribution in [0.5, 0.6) is 0 Å². The van der Waals surface area contributed by atoms with Crippen LogP contribution in [0.1, 0.15) is 5.69 Å². The van der Waals surface area contributed by atoms with Crippen LogP contribution in [0.4, 0.5) is 5.13 Å². The number of fused-ring (bicyclic) bond motifs is 1. The lowest BCUT2D eigenvalue weighted by Crippen LogP contribution is -2.71. The predicted molar refractivity (Wildman–Crippen MR) is 124 cm³/mol. The number of carboxylic acids is 1. The summed E-state index contributed by atoms with van der Waals surface area (Å²) in [6.45, 7) is 0. The van der Waals surface area contributed by atoms with Gasteiger partial charge >= 0.3 is 5.97 Å². The summed E-state index contributed by atoms with van der Waals surface area (Å²) in [6.07, 6.45) is 1.61. The number of oxime groups is 1. The van der Waals surface area contributed by atoms with Crippen molar-refractivity contribution >= 4 is 63.5 Å². The summed E-state index contributed by atoms with van der Waals surface area (Å²) in [6, 6.07) is -0.936. The van der Waals surface area contributed by atoms with Gasteiger partial charge in [0, 0.05) is 18.2 Å². The quantitative estimate of drug-likeness (QED) is 0.176. The third-order valence-electron chi connectivity index (χ3n) is 4.67. The van der Waals surface area contributed by atoms with Crippen molar-refractivity contribution in [2.45, 2.75) is 16.6 Å². The van der Waals surface area contributed by atoms with E-state index in [1.165, 1.54) is 45.6 Å². The smallest absolute Gasteiger partial charge is 0.352 e. The van der Waals surface area contributed by atoms with Crippen molar-refractivity contribution in [2.24, 2.45) is 12.2 Å². The number of hydrogen-bond donors (Lipinski definition) is 3. The van der Waals surface area contributed by atoms with E-state index in [0.29, 0.717) is 16.5 Å². The van der Waals surface area contributed by atoms with Crippen molar-refractivity contribution < 1.29 is 24.3 Å². The highest BCUT2D eigenvalue weighted by Gasteiger charge is 2.54. The van der Waals surface area contributed by atoms with Crippen LogP contribution in [0.2, 0.25) is 0 Å². The van der Waals surface area contributed by atoms with Gasteiger partial charge in [-0.25, -0.2) is 14.5 Å². The summed E-state index contributed by atoms with van der Waals surface area (Å²) in [5.74, 6) is -2.16. The Labute approximate surface area is 204 Å². The van der Waals surface area contributed by atoms with Crippen molar-refractivity contribution in [3.8, 4) is 0 Å². The Hall–Kier alpha value is -3.44. The highest BCUT2D eigenvalue weighted by molar-refractivity contribution is 8.02. The lowest BCUT2D eigenvalue weighted by molar-refractivity contribution is -0.150. The number of carboxylic acid groups (broad SMARTS) is 1. The van der Waals surface area contributed by atoms with E-state index in [0.717, 1.165) is 11.3 Å². The number of carbonyl (C=O) groups excluding carboxylic acids is 2. The first-order valence-electron chi connectivity index (χ1n) is 9.42. The number of rotatable bonds is 8. The maximum atomic E-state index is 12.9. The third-order valence-corrected chi connectivity index (χ3v) is 7.48. The van der Waals surface area contributed by atoms with Crippen molar-refractivity contribution in [1.82, 2.24) is 35.4 Å². The maximum Gasteiger partial charge on any atom is 0.352 e. The van der Waals surface area contributed by atoms with Crippen LogP contribution >= 0.6 is 34.9 Å². The van der Waals surface area contributed by atoms with Crippen LogP contribution in [-0.2, 0) is 26.3 Å². The number of aliphatic carboxylic acids is 1. The van der Waals surface area contributed by atoms with E-state index in [1.54, 1.807) is 18.5 Å². The Kier molecular flexibility index (Phi) is 6.85. The number of aromatic nitrogens is 5. The van der Waals surface area contributed by atoms with E-state index in [4.69, 9.17) is 10.6 Å². The van der Waals surface area contributed by atoms with E-state index in [9.17, 15) is 19.5 Å². The number of thiazole rings is 1. The van der Waals surface area contributed by atoms with Gasteiger partial charge in [0.2, 0.25) is 5.16 Å². The van der Waals surface area contributed by atoms with Crippen LogP contribution in [0.25, 0.3) is 0 Å². The predicted octanol–water partition coefficient (Wildman–Crippen LogP) is -0.356. The van der Waals surface area contributed by atoms with Gasteiger partial charge in [0.05, 0.1) is 0 Å². The molecule has 0 aromatic carbocycles. The van der Waals surface area contributed by atoms with Gasteiger partial charge in [0.1, 0.15) is 29.9 Å². The average molecular weight is 524 g/mol. The van der Waals surface area contributed by atoms with Crippen LogP contribution < -0.4 is 11.1 Å². The molecule has 2 aromatic rings. The third kappa shape index (κ3) is 4.48. The monoisotopic (exact) mass is 523 g/mol. The molecule has 17 heteroatoms. The molecule has 0 radical (unpaired) electrons. The fourth-order valence-electron chi connectivity index (χ4n) is 3.17. The number of nitrogens with zero attached hydrogens (tertiary/aromatic N) is 7. The summed E-state index contributed by atoms with van der Waals surface area (Å²) in [5.41, 5.74) is 6.00. The van der Waals surface area contributed by atoms with Gasteiger partial charge in [-0.15, -0.1) is 28.2 Å². The van der Waals surface area contributed by atoms with Crippen LogP contribution in [0.15, 0.2) is 38.4 Å². The Morgan fingerprint density at radius 2 is 2.26 bits per heavy atom. The fraction of sp³-hybridized carbons (Fsp3) is 0.294. The summed E-state index contributed by atoms with van der Waals surface area (Å²) in [4.78, 5) is 47.5. The highest BCUT2D eigenvalue weighted by Crippen LogP contribution is 2.41. The number of carbonyl (C=O) groups is 3. The minimum Gasteiger partial charge on any atom is -0.477 e. The number of tetrazole rings is 1. The van der Waals surface area contributed by atoms with Crippen molar-refractivity contribution in [2.75, 3.05) is 18.6 Å². The van der Waals surface area contributed by atoms with E-state index in [1.807, 2.05) is 0 Å². The SMILES string of the molecule is CON=C(C(=O)NC1C(=O)N2C(C(=O)O)=C(C=CSc3nnnn3C)CSC12)c1csc(N)n1. The number of nitrogens with two attached hydrogens (primary N) is 1. The standard InChI is InChI=1S/C17H17N9O5S3/c1-25-17(21-23-24-25)32-4-3-7-5-33-14-10(13(28)26(14)11(7)15(29)30)20-12(27)9(22-31-2)8-6-34-16(18)19-8/h3-4,6,10,14H,5H2,1-2H3,(H2,18,19)(H,20,27)(H,29,30). The minimum atomic E-state index is -1.24. The molecular weight excluding hydrogens is 506 g/mol. The topological polar surface area (TPSA) is 191 Å². The van der Waals surface area contributed by atoms with E-state index in [-0.39, 0.29) is 22.2 Å². The molecule has 0 bridgehead atoms. The fourth-order valence-corrected chi connectivity index (χ4v) is 5.66. The molecule has 178 valence electrons. The highest BCUT2D eigenvalue weighted by atomic mass is 32.2. The lowest BCUT2D eigenvalue weighted by atomic mass is 10.0. The maximum absolute atomic E-state index is 12.9. The lowest BCUT2D eigenvalue weighted by Gasteiger charge is -2.49. The van der Waals surface area contributed by atoms with Crippen molar-refractivity contribution in [1.29, 1.82) is 0 Å². The van der Waals surface area contributed by atoms with Gasteiger partial charge in [-0.05, 0) is 27.5 Å². The van der Waals surface area contributed by atoms with Crippen LogP contribution in [-0.4, -0.2) is 83.0 Å². The first-order valence-corrected chi connectivity index (χ1v) is 12.2. The molecule has 1 saturated heterocycles. The Bertz CT molecular complexity index is 1240. The first-order chi connectivity index (χ1) is 16.3. The zero-order valence-corrected chi connectivity index (χ0v) is 20.1. The Morgan fingerprint density at radius 3 is 2.88 bits per heavy atom. The molecule has 2 aromatic heterocycles. The minimum absolute atomic E-state index is 0.134. The Balaban J connectivity index is 1.49. The van der Waals surface area contributed by atoms with E-state index < -0.39 is 29.2 Å². The van der Waals surface area contributed by atoms with Crippen molar-refractivity contribution in [3.63, 3.8) is 0 Å². The molecule has 2 unspecified atom stereocenters. The second kappa shape index (κ2) is 9.82. The summed E-state index contributed by atoms with van der Waals surface area (Å²) < 4.78 is 1.47. The number of aryl methyl sites for hydroxylation is 1. The second-order valence-corrected chi connectivity index (χ2v) is 9.61. The van der Waals surface area contributed by atoms with Gasteiger partial charge < -0.3 is 21.0 Å². The van der Waals surface area contributed by atoms with E-state index in [2.05, 4.69) is 31.0 Å². The molecule has 2 amide bonds. The molecule has 2 aliphatic rings. The van der Waals surface area contributed by atoms with Gasteiger partial charge in [-0.3, -0.25) is 14.5 Å². The molecule has 4 N–H and O–H groups in total. The van der Waals surface area contributed by atoms with Crippen LogP contribution in [0, 0.1) is 0 Å². The largest absolute Gasteiger partial charge is 0.477 e. The molecule has 14 nitrogen and oxygen atoms in total. The first kappa shape index (κ1) is 23.7.